The van der Waals surface area contributed by atoms with Crippen LogP contribution in [-0.4, -0.2) is 26.4 Å². The molecule has 0 atom stereocenters. The Bertz CT molecular complexity index is 924. The SMILES string of the molecule is CCc1ccc(NC(=O)CSc2nnc(-c3ccccc3Cl)n2CC)cc1. The lowest BCUT2D eigenvalue weighted by atomic mass is 10.1. The molecule has 0 unspecified atom stereocenters. The average Bonchev–Trinajstić information content (AvgIpc) is 3.10. The summed E-state index contributed by atoms with van der Waals surface area (Å²) in [5.41, 5.74) is 2.87. The predicted molar refractivity (Wildman–Crippen MR) is 111 cm³/mol. The van der Waals surface area contributed by atoms with Crippen LogP contribution in [0.25, 0.3) is 11.4 Å². The van der Waals surface area contributed by atoms with Crippen LogP contribution in [0.2, 0.25) is 5.02 Å². The molecule has 0 spiro atoms. The van der Waals surface area contributed by atoms with Crippen LogP contribution in [0.4, 0.5) is 5.69 Å². The number of benzene rings is 2. The van der Waals surface area contributed by atoms with Crippen molar-refractivity contribution in [1.82, 2.24) is 14.8 Å². The number of anilines is 1. The fraction of sp³-hybridized carbons (Fsp3) is 0.250. The first kappa shape index (κ1) is 19.5. The van der Waals surface area contributed by atoms with Gasteiger partial charge in [-0.3, -0.25) is 4.79 Å². The van der Waals surface area contributed by atoms with Gasteiger partial charge in [-0.1, -0.05) is 54.6 Å². The number of hydrogen-bond acceptors (Lipinski definition) is 4. The maximum atomic E-state index is 12.3. The van der Waals surface area contributed by atoms with Crippen molar-refractivity contribution in [2.45, 2.75) is 32.0 Å². The summed E-state index contributed by atoms with van der Waals surface area (Å²) in [5, 5.41) is 12.8. The van der Waals surface area contributed by atoms with E-state index in [0.29, 0.717) is 22.5 Å². The molecule has 0 bridgehead atoms. The average molecular weight is 401 g/mol. The molecule has 3 aromatic rings. The molecule has 1 aromatic heterocycles. The molecule has 0 fully saturated rings. The minimum Gasteiger partial charge on any atom is -0.325 e. The zero-order valence-corrected chi connectivity index (χ0v) is 16.8. The Morgan fingerprint density at radius 2 is 1.85 bits per heavy atom. The highest BCUT2D eigenvalue weighted by atomic mass is 35.5. The summed E-state index contributed by atoms with van der Waals surface area (Å²) in [6.45, 7) is 4.81. The number of carbonyl (C=O) groups is 1. The normalized spacial score (nSPS) is 10.8. The van der Waals surface area contributed by atoms with Crippen molar-refractivity contribution in [2.24, 2.45) is 0 Å². The second-order valence-electron chi connectivity index (χ2n) is 5.92. The van der Waals surface area contributed by atoms with Crippen molar-refractivity contribution in [2.75, 3.05) is 11.1 Å². The van der Waals surface area contributed by atoms with Crippen molar-refractivity contribution < 1.29 is 4.79 Å². The van der Waals surface area contributed by atoms with Crippen LogP contribution in [0, 0.1) is 0 Å². The highest BCUT2D eigenvalue weighted by Crippen LogP contribution is 2.29. The number of carbonyl (C=O) groups excluding carboxylic acids is 1. The quantitative estimate of drug-likeness (QED) is 0.572. The lowest BCUT2D eigenvalue weighted by Crippen LogP contribution is -2.14. The molecule has 5 nitrogen and oxygen atoms in total. The van der Waals surface area contributed by atoms with Crippen LogP contribution >= 0.6 is 23.4 Å². The van der Waals surface area contributed by atoms with E-state index in [-0.39, 0.29) is 11.7 Å². The number of hydrogen-bond donors (Lipinski definition) is 1. The highest BCUT2D eigenvalue weighted by molar-refractivity contribution is 7.99. The summed E-state index contributed by atoms with van der Waals surface area (Å²) in [6, 6.07) is 15.4. The monoisotopic (exact) mass is 400 g/mol. The van der Waals surface area contributed by atoms with Crippen LogP contribution in [0.1, 0.15) is 19.4 Å². The van der Waals surface area contributed by atoms with E-state index in [4.69, 9.17) is 11.6 Å². The van der Waals surface area contributed by atoms with Crippen molar-refractivity contribution >= 4 is 35.0 Å². The standard InChI is InChI=1S/C20H21ClN4OS/c1-3-14-9-11-15(12-10-14)22-18(26)13-27-20-24-23-19(25(20)4-2)16-7-5-6-8-17(16)21/h5-12H,3-4,13H2,1-2H3,(H,22,26). The van der Waals surface area contributed by atoms with Gasteiger partial charge in [-0.05, 0) is 43.2 Å². The van der Waals surface area contributed by atoms with E-state index in [1.54, 1.807) is 0 Å². The number of aryl methyl sites for hydroxylation is 1. The molecule has 2 aromatic carbocycles. The number of amides is 1. The molecule has 1 heterocycles. The third-order valence-corrected chi connectivity index (χ3v) is 5.42. The van der Waals surface area contributed by atoms with Crippen molar-refractivity contribution in [3.63, 3.8) is 0 Å². The topological polar surface area (TPSA) is 59.8 Å². The second kappa shape index (κ2) is 9.06. The van der Waals surface area contributed by atoms with Gasteiger partial charge in [0.2, 0.25) is 5.91 Å². The van der Waals surface area contributed by atoms with Crippen LogP contribution < -0.4 is 5.32 Å². The van der Waals surface area contributed by atoms with Gasteiger partial charge in [0.05, 0.1) is 10.8 Å². The fourth-order valence-corrected chi connectivity index (χ4v) is 3.70. The van der Waals surface area contributed by atoms with Crippen LogP contribution in [-0.2, 0) is 17.8 Å². The third kappa shape index (κ3) is 4.70. The maximum absolute atomic E-state index is 12.3. The molecule has 1 N–H and O–H groups in total. The van der Waals surface area contributed by atoms with Gasteiger partial charge in [-0.15, -0.1) is 10.2 Å². The van der Waals surface area contributed by atoms with E-state index >= 15 is 0 Å². The van der Waals surface area contributed by atoms with E-state index in [0.717, 1.165) is 17.7 Å². The fourth-order valence-electron chi connectivity index (χ4n) is 2.67. The molecule has 3 rings (SSSR count). The van der Waals surface area contributed by atoms with E-state index in [1.165, 1.54) is 17.3 Å². The van der Waals surface area contributed by atoms with Crippen LogP contribution in [0.15, 0.2) is 53.7 Å². The molecule has 140 valence electrons. The molecular formula is C20H21ClN4OS. The minimum atomic E-state index is -0.0748. The zero-order valence-electron chi connectivity index (χ0n) is 15.3. The van der Waals surface area contributed by atoms with Crippen molar-refractivity contribution in [1.29, 1.82) is 0 Å². The maximum Gasteiger partial charge on any atom is 0.234 e. The van der Waals surface area contributed by atoms with Crippen molar-refractivity contribution in [3.8, 4) is 11.4 Å². The van der Waals surface area contributed by atoms with Crippen LogP contribution in [0.5, 0.6) is 0 Å². The molecule has 0 aliphatic carbocycles. The zero-order chi connectivity index (χ0) is 19.2. The van der Waals surface area contributed by atoms with Gasteiger partial charge < -0.3 is 9.88 Å². The van der Waals surface area contributed by atoms with Gasteiger partial charge in [-0.2, -0.15) is 0 Å². The molecule has 0 radical (unpaired) electrons. The van der Waals surface area contributed by atoms with Gasteiger partial charge in [-0.25, -0.2) is 0 Å². The predicted octanol–water partition coefficient (Wildman–Crippen LogP) is 4.91. The summed E-state index contributed by atoms with van der Waals surface area (Å²) < 4.78 is 1.97. The van der Waals surface area contributed by atoms with E-state index in [2.05, 4.69) is 22.4 Å². The second-order valence-corrected chi connectivity index (χ2v) is 7.27. The summed E-state index contributed by atoms with van der Waals surface area (Å²) >= 11 is 7.65. The number of halogens is 1. The van der Waals surface area contributed by atoms with Gasteiger partial charge in [0.25, 0.3) is 0 Å². The first-order valence-corrected chi connectivity index (χ1v) is 10.2. The first-order chi connectivity index (χ1) is 13.1. The molecule has 0 aliphatic rings. The number of nitrogens with one attached hydrogen (secondary N) is 1. The number of aromatic nitrogens is 3. The van der Waals surface area contributed by atoms with Crippen LogP contribution in [0.3, 0.4) is 0 Å². The third-order valence-electron chi connectivity index (χ3n) is 4.13. The first-order valence-electron chi connectivity index (χ1n) is 8.82. The Morgan fingerprint density at radius 1 is 1.11 bits per heavy atom. The van der Waals surface area contributed by atoms with E-state index in [1.807, 2.05) is 60.0 Å². The molecule has 0 saturated carbocycles. The lowest BCUT2D eigenvalue weighted by Gasteiger charge is -2.09. The van der Waals surface area contributed by atoms with Gasteiger partial charge in [0, 0.05) is 17.8 Å². The largest absolute Gasteiger partial charge is 0.325 e. The molecule has 1 amide bonds. The molecule has 0 saturated heterocycles. The summed E-state index contributed by atoms with van der Waals surface area (Å²) in [5.74, 6) is 0.895. The minimum absolute atomic E-state index is 0.0748. The highest BCUT2D eigenvalue weighted by Gasteiger charge is 2.16. The summed E-state index contributed by atoms with van der Waals surface area (Å²) in [6.07, 6.45) is 0.977. The van der Waals surface area contributed by atoms with Crippen molar-refractivity contribution in [3.05, 3.63) is 59.1 Å². The smallest absolute Gasteiger partial charge is 0.234 e. The lowest BCUT2D eigenvalue weighted by molar-refractivity contribution is -0.113. The Kier molecular flexibility index (Phi) is 6.53. The Labute approximate surface area is 168 Å². The Balaban J connectivity index is 1.67. The molecule has 7 heteroatoms. The summed E-state index contributed by atoms with van der Waals surface area (Å²) in [7, 11) is 0. The van der Waals surface area contributed by atoms with E-state index in [9.17, 15) is 4.79 Å². The number of rotatable bonds is 7. The number of thioether (sulfide) groups is 1. The summed E-state index contributed by atoms with van der Waals surface area (Å²) in [4.78, 5) is 12.3. The molecule has 27 heavy (non-hydrogen) atoms. The van der Waals surface area contributed by atoms with Gasteiger partial charge in [0.1, 0.15) is 0 Å². The molecule has 0 aliphatic heterocycles. The van der Waals surface area contributed by atoms with Gasteiger partial charge >= 0.3 is 0 Å². The number of nitrogens with zero attached hydrogens (tertiary/aromatic N) is 3. The Morgan fingerprint density at radius 3 is 2.52 bits per heavy atom. The molecular weight excluding hydrogens is 380 g/mol. The Hall–Kier alpha value is -2.31. The van der Waals surface area contributed by atoms with E-state index < -0.39 is 0 Å². The van der Waals surface area contributed by atoms with Gasteiger partial charge in [0.15, 0.2) is 11.0 Å².